The third kappa shape index (κ3) is 3.75. The van der Waals surface area contributed by atoms with Crippen LogP contribution in [0.25, 0.3) is 5.65 Å². The number of aliphatic hydroxyl groups excluding tert-OH is 1. The standard InChI is InChI=1S/C21H22N4O3/c26-16-6-5-10-24(14-16)21(28)17-7-1-2-8-18(17)22-13-15-12-20(27)25-11-4-3-9-19(25)23-15/h1-4,7-9,11-12,16,22,26H,5-6,10,13-14H2. The van der Waals surface area contributed by atoms with Gasteiger partial charge in [0.15, 0.2) is 0 Å². The van der Waals surface area contributed by atoms with Crippen LogP contribution >= 0.6 is 0 Å². The van der Waals surface area contributed by atoms with Crippen molar-refractivity contribution in [2.45, 2.75) is 25.5 Å². The fourth-order valence-electron chi connectivity index (χ4n) is 3.51. The number of fused-ring (bicyclic) bond motifs is 1. The van der Waals surface area contributed by atoms with Gasteiger partial charge in [-0.25, -0.2) is 4.98 Å². The molecule has 7 nitrogen and oxygen atoms in total. The number of para-hydroxylation sites is 1. The second kappa shape index (κ2) is 7.82. The SMILES string of the molecule is O=C(c1ccccc1NCc1cc(=O)n2ccccc2n1)N1CCCC(O)C1. The number of anilines is 1. The lowest BCUT2D eigenvalue weighted by atomic mass is 10.1. The normalized spacial score (nSPS) is 16.9. The molecule has 2 N–H and O–H groups in total. The van der Waals surface area contributed by atoms with Gasteiger partial charge in [-0.3, -0.25) is 14.0 Å². The first-order valence-corrected chi connectivity index (χ1v) is 9.39. The number of hydrogen-bond acceptors (Lipinski definition) is 5. The van der Waals surface area contributed by atoms with Gasteiger partial charge in [-0.1, -0.05) is 18.2 Å². The highest BCUT2D eigenvalue weighted by Crippen LogP contribution is 2.20. The van der Waals surface area contributed by atoms with E-state index in [9.17, 15) is 14.7 Å². The van der Waals surface area contributed by atoms with Crippen LogP contribution in [0.15, 0.2) is 59.5 Å². The number of benzene rings is 1. The van der Waals surface area contributed by atoms with Crippen LogP contribution in [-0.4, -0.2) is 44.5 Å². The quantitative estimate of drug-likeness (QED) is 0.724. The maximum atomic E-state index is 12.9. The molecule has 2 aromatic heterocycles. The van der Waals surface area contributed by atoms with Crippen LogP contribution in [-0.2, 0) is 6.54 Å². The predicted octanol–water partition coefficient (Wildman–Crippen LogP) is 1.90. The maximum absolute atomic E-state index is 12.9. The third-order valence-corrected chi connectivity index (χ3v) is 4.93. The first kappa shape index (κ1) is 18.2. The molecule has 0 bridgehead atoms. The van der Waals surface area contributed by atoms with Crippen molar-refractivity contribution in [2.75, 3.05) is 18.4 Å². The average molecular weight is 378 g/mol. The summed E-state index contributed by atoms with van der Waals surface area (Å²) in [7, 11) is 0. The van der Waals surface area contributed by atoms with Crippen molar-refractivity contribution < 1.29 is 9.90 Å². The van der Waals surface area contributed by atoms with Gasteiger partial charge in [0.2, 0.25) is 0 Å². The summed E-state index contributed by atoms with van der Waals surface area (Å²) in [6.45, 7) is 1.33. The summed E-state index contributed by atoms with van der Waals surface area (Å²) in [5.74, 6) is -0.103. The number of likely N-dealkylation sites (tertiary alicyclic amines) is 1. The smallest absolute Gasteiger partial charge is 0.258 e. The zero-order chi connectivity index (χ0) is 19.5. The van der Waals surface area contributed by atoms with E-state index in [1.807, 2.05) is 24.3 Å². The Balaban J connectivity index is 1.54. The number of rotatable bonds is 4. The molecule has 0 spiro atoms. The van der Waals surface area contributed by atoms with E-state index in [0.717, 1.165) is 12.8 Å². The minimum atomic E-state index is -0.465. The highest BCUT2D eigenvalue weighted by atomic mass is 16.3. The van der Waals surface area contributed by atoms with Crippen LogP contribution in [0.4, 0.5) is 5.69 Å². The summed E-state index contributed by atoms with van der Waals surface area (Å²) in [5, 5.41) is 13.1. The van der Waals surface area contributed by atoms with Gasteiger partial charge in [0.05, 0.1) is 23.9 Å². The zero-order valence-corrected chi connectivity index (χ0v) is 15.4. The van der Waals surface area contributed by atoms with Gasteiger partial charge in [-0.15, -0.1) is 0 Å². The number of nitrogens with one attached hydrogen (secondary N) is 1. The lowest BCUT2D eigenvalue weighted by molar-refractivity contribution is 0.0474. The Bertz CT molecular complexity index is 1060. The maximum Gasteiger partial charge on any atom is 0.258 e. The van der Waals surface area contributed by atoms with Gasteiger partial charge in [-0.05, 0) is 37.1 Å². The first-order valence-electron chi connectivity index (χ1n) is 9.39. The van der Waals surface area contributed by atoms with Crippen molar-refractivity contribution in [3.8, 4) is 0 Å². The van der Waals surface area contributed by atoms with Gasteiger partial charge < -0.3 is 15.3 Å². The Kier molecular flexibility index (Phi) is 5.08. The summed E-state index contributed by atoms with van der Waals surface area (Å²) in [6.07, 6.45) is 2.75. The average Bonchev–Trinajstić information content (AvgIpc) is 2.72. The number of nitrogens with zero attached hydrogens (tertiary/aromatic N) is 3. The van der Waals surface area contributed by atoms with E-state index in [-0.39, 0.29) is 11.5 Å². The molecule has 1 aliphatic heterocycles. The molecule has 1 fully saturated rings. The van der Waals surface area contributed by atoms with Crippen LogP contribution in [0, 0.1) is 0 Å². The number of piperidine rings is 1. The van der Waals surface area contributed by atoms with E-state index in [2.05, 4.69) is 10.3 Å². The number of pyridine rings is 1. The topological polar surface area (TPSA) is 86.9 Å². The van der Waals surface area contributed by atoms with E-state index >= 15 is 0 Å². The molecule has 28 heavy (non-hydrogen) atoms. The van der Waals surface area contributed by atoms with Crippen LogP contribution in [0.5, 0.6) is 0 Å². The summed E-state index contributed by atoms with van der Waals surface area (Å²) >= 11 is 0. The number of amides is 1. The van der Waals surface area contributed by atoms with E-state index < -0.39 is 6.10 Å². The van der Waals surface area contributed by atoms with Crippen molar-refractivity contribution in [3.05, 3.63) is 76.3 Å². The number of aromatic nitrogens is 2. The van der Waals surface area contributed by atoms with Crippen molar-refractivity contribution in [1.82, 2.24) is 14.3 Å². The third-order valence-electron chi connectivity index (χ3n) is 4.93. The molecule has 4 rings (SSSR count). The minimum absolute atomic E-state index is 0.103. The molecular weight excluding hydrogens is 356 g/mol. The molecular formula is C21H22N4O3. The Morgan fingerprint density at radius 3 is 2.89 bits per heavy atom. The number of carbonyl (C=O) groups excluding carboxylic acids is 1. The molecule has 0 aliphatic carbocycles. The van der Waals surface area contributed by atoms with Crippen LogP contribution in [0.3, 0.4) is 0 Å². The molecule has 1 amide bonds. The molecule has 3 heterocycles. The minimum Gasteiger partial charge on any atom is -0.391 e. The predicted molar refractivity (Wildman–Crippen MR) is 106 cm³/mol. The van der Waals surface area contributed by atoms with E-state index in [0.29, 0.717) is 42.2 Å². The van der Waals surface area contributed by atoms with E-state index in [4.69, 9.17) is 0 Å². The Morgan fingerprint density at radius 2 is 2.04 bits per heavy atom. The summed E-state index contributed by atoms with van der Waals surface area (Å²) in [5.41, 5.74) is 2.27. The van der Waals surface area contributed by atoms with Gasteiger partial charge in [0, 0.05) is 31.0 Å². The number of β-amino-alcohol motifs (C(OH)–C–C–N with tert-alkyl or cyclic N) is 1. The molecule has 0 saturated carbocycles. The molecule has 3 aromatic rings. The summed E-state index contributed by atoms with van der Waals surface area (Å²) < 4.78 is 1.49. The van der Waals surface area contributed by atoms with Gasteiger partial charge in [-0.2, -0.15) is 0 Å². The van der Waals surface area contributed by atoms with Gasteiger partial charge in [0.1, 0.15) is 5.65 Å². The largest absolute Gasteiger partial charge is 0.391 e. The summed E-state index contributed by atoms with van der Waals surface area (Å²) in [6, 6.07) is 14.2. The molecule has 1 saturated heterocycles. The zero-order valence-electron chi connectivity index (χ0n) is 15.4. The Morgan fingerprint density at radius 1 is 1.21 bits per heavy atom. The number of carbonyl (C=O) groups is 1. The van der Waals surface area contributed by atoms with E-state index in [1.165, 1.54) is 10.5 Å². The molecule has 0 radical (unpaired) electrons. The van der Waals surface area contributed by atoms with Crippen LogP contribution in [0.1, 0.15) is 28.9 Å². The van der Waals surface area contributed by atoms with Crippen molar-refractivity contribution in [2.24, 2.45) is 0 Å². The monoisotopic (exact) mass is 378 g/mol. The Labute approximate surface area is 162 Å². The number of hydrogen-bond donors (Lipinski definition) is 2. The second-order valence-electron chi connectivity index (χ2n) is 6.96. The van der Waals surface area contributed by atoms with Crippen LogP contribution in [0.2, 0.25) is 0 Å². The first-order chi connectivity index (χ1) is 13.6. The Hall–Kier alpha value is -3.19. The van der Waals surface area contributed by atoms with Crippen molar-refractivity contribution >= 4 is 17.2 Å². The highest BCUT2D eigenvalue weighted by molar-refractivity contribution is 5.99. The molecule has 7 heteroatoms. The second-order valence-corrected chi connectivity index (χ2v) is 6.96. The molecule has 1 aromatic carbocycles. The molecule has 1 unspecified atom stereocenters. The fourth-order valence-corrected chi connectivity index (χ4v) is 3.51. The highest BCUT2D eigenvalue weighted by Gasteiger charge is 2.24. The van der Waals surface area contributed by atoms with Gasteiger partial charge in [0.25, 0.3) is 11.5 Å². The summed E-state index contributed by atoms with van der Waals surface area (Å²) in [4.78, 5) is 31.3. The lowest BCUT2D eigenvalue weighted by Crippen LogP contribution is -2.42. The van der Waals surface area contributed by atoms with E-state index in [1.54, 1.807) is 29.3 Å². The molecule has 1 atom stereocenters. The fraction of sp³-hybridized carbons (Fsp3) is 0.286. The molecule has 144 valence electrons. The van der Waals surface area contributed by atoms with Gasteiger partial charge >= 0.3 is 0 Å². The van der Waals surface area contributed by atoms with Crippen molar-refractivity contribution in [3.63, 3.8) is 0 Å². The lowest BCUT2D eigenvalue weighted by Gasteiger charge is -2.30. The molecule has 1 aliphatic rings. The van der Waals surface area contributed by atoms with Crippen LogP contribution < -0.4 is 10.9 Å². The number of aliphatic hydroxyl groups is 1. The van der Waals surface area contributed by atoms with Crippen molar-refractivity contribution in [1.29, 1.82) is 0 Å².